The average Bonchev–Trinajstić information content (AvgIpc) is 1.53. The number of nitrogens with zero attached hydrogens (tertiary/aromatic N) is 3. The van der Waals surface area contributed by atoms with Crippen molar-refractivity contribution in [2.75, 3.05) is 21.3 Å². The van der Waals surface area contributed by atoms with Crippen molar-refractivity contribution in [3.63, 3.8) is 0 Å². The van der Waals surface area contributed by atoms with Gasteiger partial charge in [0.25, 0.3) is 0 Å². The monoisotopic (exact) mass is 1280 g/mol. The van der Waals surface area contributed by atoms with Crippen LogP contribution >= 0.6 is 0 Å². The third kappa shape index (κ3) is 10.7. The lowest BCUT2D eigenvalue weighted by Crippen LogP contribution is -2.44. The second-order valence-electron chi connectivity index (χ2n) is 28.9. The zero-order valence-electron chi connectivity index (χ0n) is 53.9. The second kappa shape index (κ2) is 24.5. The summed E-state index contributed by atoms with van der Waals surface area (Å²) < 4.78 is 37.3. The van der Waals surface area contributed by atoms with Crippen molar-refractivity contribution in [2.24, 2.45) is 51.8 Å². The van der Waals surface area contributed by atoms with E-state index in [2.05, 4.69) is 78.2 Å². The Morgan fingerprint density at radius 3 is 1.43 bits per heavy atom. The van der Waals surface area contributed by atoms with Crippen LogP contribution in [0, 0.1) is 51.8 Å². The first-order valence-electron chi connectivity index (χ1n) is 33.2. The lowest BCUT2D eigenvalue weighted by molar-refractivity contribution is -0.145. The Kier molecular flexibility index (Phi) is 16.5. The molecule has 6 heterocycles. The van der Waals surface area contributed by atoms with E-state index >= 15 is 0 Å². The van der Waals surface area contributed by atoms with Crippen molar-refractivity contribution in [1.82, 2.24) is 15.0 Å². The minimum atomic E-state index is -0.946. The quantitative estimate of drug-likeness (QED) is 0.141. The molecule has 18 nitrogen and oxygen atoms in total. The van der Waals surface area contributed by atoms with Gasteiger partial charge in [0.05, 0.1) is 52.8 Å². The van der Waals surface area contributed by atoms with Gasteiger partial charge < -0.3 is 43.7 Å². The molecule has 16 rings (SSSR count). The molecule has 3 unspecified atom stereocenters. The predicted octanol–water partition coefficient (Wildman–Crippen LogP) is 11.9. The molecule has 4 aromatic rings. The van der Waals surface area contributed by atoms with E-state index in [9.17, 15) is 44.1 Å². The molecule has 0 saturated heterocycles. The number of hydrogen-bond acceptors (Lipinski definition) is 15. The molecule has 0 amide bonds. The Bertz CT molecular complexity index is 4020. The Hall–Kier alpha value is -8.19. The Morgan fingerprint density at radius 1 is 0.500 bits per heavy atom. The van der Waals surface area contributed by atoms with Crippen molar-refractivity contribution in [1.29, 1.82) is 0 Å². The van der Waals surface area contributed by atoms with E-state index in [4.69, 9.17) is 28.4 Å². The fraction of sp³-hybridized carbons (Fsp3) is 0.487. The number of carboxylic acids is 3. The molecular formula is C76H81N3O15. The van der Waals surface area contributed by atoms with Gasteiger partial charge in [0, 0.05) is 143 Å². The molecule has 490 valence electrons. The molecule has 3 aromatic heterocycles. The van der Waals surface area contributed by atoms with Gasteiger partial charge in [-0.05, 0) is 131 Å². The maximum Gasteiger partial charge on any atom is 0.307 e. The van der Waals surface area contributed by atoms with Gasteiger partial charge in [-0.25, -0.2) is 0 Å². The van der Waals surface area contributed by atoms with Gasteiger partial charge in [-0.1, -0.05) is 63.3 Å². The van der Waals surface area contributed by atoms with Crippen LogP contribution in [0.15, 0.2) is 167 Å². The van der Waals surface area contributed by atoms with Gasteiger partial charge >= 0.3 is 17.9 Å². The highest BCUT2D eigenvalue weighted by Gasteiger charge is 2.62. The summed E-state index contributed by atoms with van der Waals surface area (Å²) in [5, 5.41) is 30.7. The van der Waals surface area contributed by atoms with Crippen molar-refractivity contribution in [2.45, 2.75) is 159 Å². The van der Waals surface area contributed by atoms with Crippen LogP contribution in [0.2, 0.25) is 0 Å². The van der Waals surface area contributed by atoms with Crippen LogP contribution in [0.3, 0.4) is 0 Å². The largest absolute Gasteiger partial charge is 0.489 e. The lowest BCUT2D eigenvalue weighted by Gasteiger charge is -2.48. The molecule has 12 aliphatic rings. The van der Waals surface area contributed by atoms with Crippen LogP contribution in [0.25, 0.3) is 10.8 Å². The van der Waals surface area contributed by atoms with Crippen LogP contribution in [0.4, 0.5) is 0 Å². The third-order valence-electron chi connectivity index (χ3n) is 24.1. The highest BCUT2D eigenvalue weighted by molar-refractivity contribution is 6.03. The summed E-state index contributed by atoms with van der Waals surface area (Å²) in [7, 11) is 5.31. The first-order chi connectivity index (χ1) is 45.2. The first kappa shape index (κ1) is 63.2. The molecule has 18 atom stereocenters. The Morgan fingerprint density at radius 2 is 0.947 bits per heavy atom. The number of hydrogen-bond donors (Lipinski definition) is 3. The number of fused-ring (bicyclic) bond motifs is 10. The number of carboxylic acid groups (broad SMARTS) is 3. The molecule has 9 aliphatic carbocycles. The summed E-state index contributed by atoms with van der Waals surface area (Å²) >= 11 is 0. The molecule has 0 spiro atoms. The highest BCUT2D eigenvalue weighted by Crippen LogP contribution is 2.65. The number of rotatable bonds is 9. The first-order valence-corrected chi connectivity index (χ1v) is 33.2. The minimum absolute atomic E-state index is 0.0192. The molecule has 1 aromatic carbocycles. The number of aliphatic carboxylic acids is 3. The Balaban J connectivity index is 0.000000122. The molecular weight excluding hydrogens is 1190 g/mol. The number of carbonyl (C=O) groups excluding carboxylic acids is 3. The predicted molar refractivity (Wildman–Crippen MR) is 343 cm³/mol. The summed E-state index contributed by atoms with van der Waals surface area (Å²) in [5.74, 6) is -2.43. The van der Waals surface area contributed by atoms with E-state index < -0.39 is 35.7 Å². The number of carbonyl (C=O) groups is 6. The SMILES string of the molecule is CO[C@@H]1C[C@H]2[C@@H]3OC4=C(C=C3C=C[C@]2(C)[C@H]1c1cccnc1)C(=O)CC(C(=O)O)C4.CO[C@@H]1C[C@H]2[C@@H]3OC4=C(C=C3CC[C@]2(C)[C@H]1c1ccc2cnccc2c1)C(=O)CC(C(=O)O)C4.CO[C@@H]1C[C@H]2[C@@H]3OC4=C(C=C3CC[C@]2(C)[C@H]1c1cccnc1)C(=O)CC(C(=O)O)C4. The van der Waals surface area contributed by atoms with Crippen LogP contribution in [0.1, 0.15) is 139 Å². The van der Waals surface area contributed by atoms with E-state index in [-0.39, 0.29) is 138 Å². The zero-order chi connectivity index (χ0) is 65.7. The topological polar surface area (TPSA) is 257 Å². The van der Waals surface area contributed by atoms with Gasteiger partial charge in [-0.2, -0.15) is 0 Å². The number of ether oxygens (including phenoxy) is 6. The van der Waals surface area contributed by atoms with Gasteiger partial charge in [-0.3, -0.25) is 43.7 Å². The van der Waals surface area contributed by atoms with Crippen molar-refractivity contribution in [3.05, 3.63) is 183 Å². The normalized spacial score (nSPS) is 36.4. The maximum absolute atomic E-state index is 12.7. The molecule has 5 fully saturated rings. The van der Waals surface area contributed by atoms with Crippen molar-refractivity contribution >= 4 is 46.0 Å². The number of benzene rings is 1. The van der Waals surface area contributed by atoms with Gasteiger partial charge in [-0.15, -0.1) is 0 Å². The van der Waals surface area contributed by atoms with Crippen molar-refractivity contribution in [3.8, 4) is 0 Å². The van der Waals surface area contributed by atoms with E-state index in [1.165, 1.54) is 27.7 Å². The van der Waals surface area contributed by atoms with Gasteiger partial charge in [0.2, 0.25) is 0 Å². The van der Waals surface area contributed by atoms with E-state index in [0.29, 0.717) is 40.4 Å². The standard InChI is InChI=1S/C28H29NO5.C24H27NO5.C24H25NO5/c1-28-7-5-17-10-20-22(30)11-19(27(31)32)12-23(20)34-26(17)21(28)13-24(33-2)25(28)16-3-4-18-14-29-8-6-15(18)9-16;2*1-24-6-5-13-8-16-18(26)9-15(23(27)28)10-19(16)30-22(13)17(24)11-20(29-2)21(24)14-4-3-7-25-12-14/h3-4,6,8-10,14,19,21,24-26H,5,7,11-13H2,1-2H3,(H,31,32);3-4,7-8,12,15,17,20-22H,5-6,9-11H2,1-2H3,(H,27,28);3-8,12,15,17,20-22H,9-11H2,1-2H3,(H,27,28)/t19?,21-,24+,25-,26+,28-;2*15?,17-,20+,21-,22+,24-/m000/s1. The number of pyridine rings is 3. The number of ketones is 3. The van der Waals surface area contributed by atoms with Crippen LogP contribution in [-0.2, 0) is 57.2 Å². The van der Waals surface area contributed by atoms with Crippen LogP contribution in [-0.4, -0.2) is 123 Å². The highest BCUT2D eigenvalue weighted by atomic mass is 16.5. The number of Topliss-reactive ketones (excluding diaryl/α,β-unsaturated/α-hetero) is 3. The average molecular weight is 1280 g/mol. The molecule has 0 radical (unpaired) electrons. The summed E-state index contributed by atoms with van der Waals surface area (Å²) in [6.45, 7) is 6.92. The summed E-state index contributed by atoms with van der Waals surface area (Å²) in [6, 6.07) is 16.8. The smallest absolute Gasteiger partial charge is 0.307 e. The maximum atomic E-state index is 12.7. The lowest BCUT2D eigenvalue weighted by atomic mass is 9.61. The van der Waals surface area contributed by atoms with Gasteiger partial charge in [0.15, 0.2) is 17.3 Å². The molecule has 5 saturated carbocycles. The van der Waals surface area contributed by atoms with Gasteiger partial charge in [0.1, 0.15) is 35.6 Å². The Labute approximate surface area is 546 Å². The third-order valence-corrected chi connectivity index (χ3v) is 24.1. The molecule has 94 heavy (non-hydrogen) atoms. The van der Waals surface area contributed by atoms with Crippen LogP contribution < -0.4 is 0 Å². The van der Waals surface area contributed by atoms with Crippen molar-refractivity contribution < 1.29 is 72.5 Å². The molecule has 3 N–H and O–H groups in total. The van der Waals surface area contributed by atoms with Crippen LogP contribution in [0.5, 0.6) is 0 Å². The second-order valence-corrected chi connectivity index (χ2v) is 28.9. The van der Waals surface area contributed by atoms with E-state index in [0.717, 1.165) is 61.5 Å². The molecule has 3 aliphatic heterocycles. The number of aromatic nitrogens is 3. The number of methoxy groups -OCH3 is 3. The summed E-state index contributed by atoms with van der Waals surface area (Å²) in [6.07, 6.45) is 28.3. The summed E-state index contributed by atoms with van der Waals surface area (Å²) in [5.41, 5.74) is 8.39. The fourth-order valence-electron chi connectivity index (χ4n) is 19.2. The van der Waals surface area contributed by atoms with E-state index in [1.54, 1.807) is 33.7 Å². The molecule has 18 heteroatoms. The fourth-order valence-corrected chi connectivity index (χ4v) is 19.2. The zero-order valence-corrected chi connectivity index (χ0v) is 53.9. The summed E-state index contributed by atoms with van der Waals surface area (Å²) in [4.78, 5) is 85.3. The number of allylic oxidation sites excluding steroid dienone is 10. The molecule has 0 bridgehead atoms. The van der Waals surface area contributed by atoms with E-state index in [1.807, 2.05) is 61.2 Å². The minimum Gasteiger partial charge on any atom is -0.489 e.